The molecule has 11 heteroatoms. The third-order valence-electron chi connectivity index (χ3n) is 23.4. The molecule has 5 aromatic carbocycles. The molecule has 3 spiro atoms. The van der Waals surface area contributed by atoms with E-state index >= 15 is 0 Å². The van der Waals surface area contributed by atoms with Crippen molar-refractivity contribution in [2.75, 3.05) is 0 Å². The highest BCUT2D eigenvalue weighted by Crippen LogP contribution is 2.81. The van der Waals surface area contributed by atoms with Gasteiger partial charge in [0.1, 0.15) is 12.0 Å². The summed E-state index contributed by atoms with van der Waals surface area (Å²) in [5.74, 6) is 0.704. The Morgan fingerprint density at radius 1 is 0.741 bits per heavy atom. The molecular formula is C70H82N4O7. The SMILES string of the molecule is CCCCCC(c1ccccc1)C1CC2(CC(O)N1)CC(c1ccc(CCc3c(O)c(O)c4c(O)cccc4c3C=Cc3ccc(O)c(O)c3)cc1)NC1C2CC2CCC3CCc4[nH]cnc4C14C1C(O)C=CC5CCCC51CCC324. The highest BCUT2D eigenvalue weighted by atomic mass is 16.3. The van der Waals surface area contributed by atoms with Crippen LogP contribution in [0.25, 0.3) is 22.9 Å². The Hall–Kier alpha value is -6.11. The lowest BCUT2D eigenvalue weighted by atomic mass is 9.30. The van der Waals surface area contributed by atoms with Crippen molar-refractivity contribution in [2.24, 2.45) is 45.8 Å². The number of unbranched alkanes of at least 4 members (excludes halogenated alkanes) is 2. The molecule has 6 fully saturated rings. The highest BCUT2D eigenvalue weighted by molar-refractivity contribution is 6.03. The molecule has 14 rings (SSSR count). The number of aliphatic hydroxyl groups is 2. The molecule has 2 aliphatic heterocycles. The van der Waals surface area contributed by atoms with Gasteiger partial charge in [-0.05, 0) is 194 Å². The van der Waals surface area contributed by atoms with Crippen LogP contribution in [-0.2, 0) is 24.7 Å². The first kappa shape index (κ1) is 52.9. The topological polar surface area (TPSA) is 194 Å². The van der Waals surface area contributed by atoms with Crippen LogP contribution in [0.1, 0.15) is 166 Å². The molecule has 6 aromatic rings. The summed E-state index contributed by atoms with van der Waals surface area (Å²) in [5.41, 5.74) is 7.22. The summed E-state index contributed by atoms with van der Waals surface area (Å²) in [5, 5.41) is 89.7. The zero-order valence-electron chi connectivity index (χ0n) is 46.9. The molecule has 8 aliphatic rings. The minimum Gasteiger partial charge on any atom is -0.507 e. The summed E-state index contributed by atoms with van der Waals surface area (Å²) >= 11 is 0. The molecule has 4 saturated carbocycles. The number of aromatic hydroxyl groups is 5. The number of aliphatic hydroxyl groups excluding tert-OH is 2. The highest BCUT2D eigenvalue weighted by Gasteiger charge is 2.80. The lowest BCUT2D eigenvalue weighted by Gasteiger charge is -2.75. The van der Waals surface area contributed by atoms with E-state index in [1.807, 2.05) is 18.5 Å². The number of nitrogens with one attached hydrogen (secondary N) is 3. The summed E-state index contributed by atoms with van der Waals surface area (Å²) in [6.45, 7) is 2.28. The molecule has 0 bridgehead atoms. The number of phenols is 5. The minimum atomic E-state index is -0.665. The third-order valence-corrected chi connectivity index (χ3v) is 23.4. The standard InChI is InChI=1S/C70H82N4O7/c1-2-3-5-13-48(43-10-6-4-7-11-43)55-38-67(39-60(79)73-55)37-54(44-21-16-41(17-22-44)18-28-51-49(27-19-42-20-30-56(75)59(78)35-42)50-14-8-15-57(76)61(50)63(81)62(51)80)74-65-52(67)36-47-24-23-46-25-29-53-66(72-40-71-53)70(65)64-58(77)31-26-45-12-9-32-68(45,64)33-34-69(46,47)70/h4,6-8,10-11,14-17,19-22,26-27,30-31,35,40,45-48,52,54-55,58,60,64-65,73-81H,2-3,5,9,12-13,18,23-25,28-29,32-34,36-39H2,1H3,(H,71,72). The van der Waals surface area contributed by atoms with Crippen LogP contribution in [0.5, 0.6) is 28.7 Å². The van der Waals surface area contributed by atoms with Crippen molar-refractivity contribution in [1.82, 2.24) is 20.6 Å². The smallest absolute Gasteiger partial charge is 0.169 e. The first-order valence-electron chi connectivity index (χ1n) is 31.0. The van der Waals surface area contributed by atoms with Gasteiger partial charge in [0.25, 0.3) is 0 Å². The van der Waals surface area contributed by atoms with E-state index in [1.165, 1.54) is 85.7 Å². The number of phenolic OH excluding ortho intramolecular Hbond substituents is 5. The average molecular weight is 1090 g/mol. The average Bonchev–Trinajstić information content (AvgIpc) is 1.80. The number of aryl methyl sites for hydroxylation is 2. The monoisotopic (exact) mass is 1090 g/mol. The minimum absolute atomic E-state index is 0.00118. The molecule has 2 saturated heterocycles. The predicted octanol–water partition coefficient (Wildman–Crippen LogP) is 12.9. The van der Waals surface area contributed by atoms with E-state index < -0.39 is 17.7 Å². The molecule has 0 amide bonds. The number of hydrogen-bond donors (Lipinski definition) is 10. The fourth-order valence-electron chi connectivity index (χ4n) is 20.5. The van der Waals surface area contributed by atoms with Gasteiger partial charge in [-0.1, -0.05) is 130 Å². The second-order valence-electron chi connectivity index (χ2n) is 26.7. The number of nitrogens with zero attached hydrogens (tertiary/aromatic N) is 1. The molecule has 10 N–H and O–H groups in total. The van der Waals surface area contributed by atoms with Crippen LogP contribution in [0, 0.1) is 45.8 Å². The van der Waals surface area contributed by atoms with E-state index in [9.17, 15) is 35.7 Å². The Kier molecular flexibility index (Phi) is 13.3. The van der Waals surface area contributed by atoms with Gasteiger partial charge < -0.3 is 46.0 Å². The van der Waals surface area contributed by atoms with Crippen molar-refractivity contribution in [2.45, 2.75) is 171 Å². The van der Waals surface area contributed by atoms with Gasteiger partial charge in [0.2, 0.25) is 0 Å². The number of allylic oxidation sites excluding steroid dienone is 1. The first-order chi connectivity index (χ1) is 39.4. The number of benzene rings is 5. The molecule has 1 aromatic heterocycles. The second-order valence-corrected chi connectivity index (χ2v) is 26.7. The van der Waals surface area contributed by atoms with Crippen LogP contribution in [-0.4, -0.2) is 70.1 Å². The van der Waals surface area contributed by atoms with Gasteiger partial charge in [0.05, 0.1) is 23.5 Å². The van der Waals surface area contributed by atoms with Crippen molar-refractivity contribution < 1.29 is 35.7 Å². The molecule has 6 aliphatic carbocycles. The second kappa shape index (κ2) is 20.4. The van der Waals surface area contributed by atoms with Gasteiger partial charge in [-0.25, -0.2) is 4.98 Å². The zero-order chi connectivity index (χ0) is 55.4. The normalized spacial score (nSPS) is 35.0. The van der Waals surface area contributed by atoms with Gasteiger partial charge in [0, 0.05) is 40.7 Å². The quantitative estimate of drug-likeness (QED) is 0.0244. The summed E-state index contributed by atoms with van der Waals surface area (Å²) in [6, 6.07) is 29.8. The number of fused-ring (bicyclic) bond motifs is 4. The number of H-pyrrole nitrogens is 1. The van der Waals surface area contributed by atoms with Gasteiger partial charge in [-0.2, -0.15) is 0 Å². The first-order valence-corrected chi connectivity index (χ1v) is 31.0. The van der Waals surface area contributed by atoms with Crippen LogP contribution in [0.15, 0.2) is 109 Å². The maximum absolute atomic E-state index is 13.2. The van der Waals surface area contributed by atoms with Crippen LogP contribution < -0.4 is 10.6 Å². The number of piperidine rings is 2. The Bertz CT molecular complexity index is 3390. The van der Waals surface area contributed by atoms with Crippen LogP contribution >= 0.6 is 0 Å². The number of aromatic nitrogens is 2. The fraction of sp³-hybridized carbons (Fsp3) is 0.500. The van der Waals surface area contributed by atoms with Crippen molar-refractivity contribution in [3.05, 3.63) is 154 Å². The van der Waals surface area contributed by atoms with Gasteiger partial charge >= 0.3 is 0 Å². The number of aromatic amines is 1. The van der Waals surface area contributed by atoms with E-state index in [0.29, 0.717) is 59.1 Å². The summed E-state index contributed by atoms with van der Waals surface area (Å²) in [6.07, 6.45) is 28.6. The van der Waals surface area contributed by atoms with E-state index in [1.54, 1.807) is 18.2 Å². The zero-order valence-corrected chi connectivity index (χ0v) is 46.9. The van der Waals surface area contributed by atoms with Gasteiger partial charge in [0.15, 0.2) is 23.0 Å². The lowest BCUT2D eigenvalue weighted by Crippen LogP contribution is -2.79. The van der Waals surface area contributed by atoms with Crippen molar-refractivity contribution in [3.8, 4) is 28.7 Å². The predicted molar refractivity (Wildman–Crippen MR) is 317 cm³/mol. The van der Waals surface area contributed by atoms with Crippen molar-refractivity contribution in [1.29, 1.82) is 0 Å². The van der Waals surface area contributed by atoms with Crippen LogP contribution in [0.2, 0.25) is 0 Å². The van der Waals surface area contributed by atoms with E-state index in [2.05, 4.69) is 89.3 Å². The molecule has 15 unspecified atom stereocenters. The molecule has 424 valence electrons. The Labute approximate surface area is 476 Å². The Balaban J connectivity index is 0.883. The molecule has 3 heterocycles. The van der Waals surface area contributed by atoms with E-state index in [0.717, 1.165) is 63.4 Å². The van der Waals surface area contributed by atoms with E-state index in [-0.39, 0.29) is 86.3 Å². The molecule has 81 heavy (non-hydrogen) atoms. The molecule has 0 radical (unpaired) electrons. The van der Waals surface area contributed by atoms with Gasteiger partial charge in [-0.3, -0.25) is 5.32 Å². The van der Waals surface area contributed by atoms with Gasteiger partial charge in [-0.15, -0.1) is 0 Å². The van der Waals surface area contributed by atoms with Crippen molar-refractivity contribution >= 4 is 22.9 Å². The number of hydrogen-bond acceptors (Lipinski definition) is 10. The molecular weight excluding hydrogens is 1010 g/mol. The number of rotatable bonds is 12. The van der Waals surface area contributed by atoms with E-state index in [4.69, 9.17) is 4.98 Å². The number of imidazole rings is 1. The maximum Gasteiger partial charge on any atom is 0.169 e. The Morgan fingerprint density at radius 3 is 2.41 bits per heavy atom. The lowest BCUT2D eigenvalue weighted by molar-refractivity contribution is -0.232. The summed E-state index contributed by atoms with van der Waals surface area (Å²) in [7, 11) is 0. The third kappa shape index (κ3) is 8.12. The largest absolute Gasteiger partial charge is 0.507 e. The molecule has 15 atom stereocenters. The van der Waals surface area contributed by atoms with Crippen LogP contribution in [0.3, 0.4) is 0 Å². The summed E-state index contributed by atoms with van der Waals surface area (Å²) < 4.78 is 0. The van der Waals surface area contributed by atoms with Crippen LogP contribution in [0.4, 0.5) is 0 Å². The maximum atomic E-state index is 13.2. The van der Waals surface area contributed by atoms with Crippen molar-refractivity contribution in [3.63, 3.8) is 0 Å². The Morgan fingerprint density at radius 2 is 1.58 bits per heavy atom. The molecule has 11 nitrogen and oxygen atoms in total. The summed E-state index contributed by atoms with van der Waals surface area (Å²) in [4.78, 5) is 9.42. The fourth-order valence-corrected chi connectivity index (χ4v) is 20.5.